The van der Waals surface area contributed by atoms with Crippen LogP contribution in [0.2, 0.25) is 0 Å². The zero-order valence-corrected chi connectivity index (χ0v) is 10.3. The number of hydrogen-bond donors (Lipinski definition) is 4. The minimum absolute atomic E-state index is 0. The van der Waals surface area contributed by atoms with Crippen LogP contribution in [-0.2, 0) is 11.2 Å². The number of carboxylic acids is 1. The van der Waals surface area contributed by atoms with Gasteiger partial charge in [0.15, 0.2) is 11.5 Å². The Kier molecular flexibility index (Phi) is 5.97. The van der Waals surface area contributed by atoms with Crippen molar-refractivity contribution in [3.05, 3.63) is 23.8 Å². The van der Waals surface area contributed by atoms with Gasteiger partial charge in [-0.15, -0.1) is 0 Å². The largest absolute Gasteiger partial charge is 2.00 e. The van der Waals surface area contributed by atoms with Gasteiger partial charge in [0.05, 0.1) is 0 Å². The number of hydrogen-bond acceptors (Lipinski definition) is 4. The molecule has 0 fully saturated rings. The predicted octanol–water partition coefficient (Wildman–Crippen LogP) is -0.104. The van der Waals surface area contributed by atoms with Gasteiger partial charge in [-0.05, 0) is 24.1 Å². The molecule has 0 heterocycles. The normalized spacial score (nSPS) is 11.5. The Bertz CT molecular complexity index is 365. The zero-order chi connectivity index (χ0) is 10.7. The second-order valence-corrected chi connectivity index (χ2v) is 2.97. The monoisotopic (exact) mass is 239 g/mol. The summed E-state index contributed by atoms with van der Waals surface area (Å²) in [5, 5.41) is 26.6. The standard InChI is InChI=1S/C9H11NO4.Ca.2H/c10-6(9(13)14)3-5-1-2-7(11)8(12)4-5;;;/h1-2,4,6,11-12H,3,10H2,(H,13,14);;;/q;+2;2*-1. The molecule has 0 amide bonds. The first-order chi connectivity index (χ1) is 6.50. The van der Waals surface area contributed by atoms with Crippen LogP contribution in [0.4, 0.5) is 0 Å². The third-order valence-corrected chi connectivity index (χ3v) is 1.81. The quantitative estimate of drug-likeness (QED) is 0.435. The minimum Gasteiger partial charge on any atom is -1.00 e. The Balaban J connectivity index is -0.000000653. The first-order valence-electron chi connectivity index (χ1n) is 4.00. The first-order valence-corrected chi connectivity index (χ1v) is 4.00. The smallest absolute Gasteiger partial charge is 1.00 e. The first kappa shape index (κ1) is 14.5. The summed E-state index contributed by atoms with van der Waals surface area (Å²) in [7, 11) is 0. The molecule has 1 rings (SSSR count). The molecule has 5 nitrogen and oxygen atoms in total. The number of rotatable bonds is 3. The summed E-state index contributed by atoms with van der Waals surface area (Å²) in [5.74, 6) is -1.62. The van der Waals surface area contributed by atoms with E-state index >= 15 is 0 Å². The summed E-state index contributed by atoms with van der Waals surface area (Å²) in [6.07, 6.45) is 0.114. The molecule has 6 heteroatoms. The van der Waals surface area contributed by atoms with Crippen LogP contribution in [0, 0.1) is 0 Å². The van der Waals surface area contributed by atoms with E-state index in [-0.39, 0.29) is 58.5 Å². The maximum absolute atomic E-state index is 10.4. The van der Waals surface area contributed by atoms with E-state index in [1.807, 2.05) is 0 Å². The molecule has 1 aromatic rings. The average molecular weight is 239 g/mol. The third kappa shape index (κ3) is 4.25. The molecular weight excluding hydrogens is 226 g/mol. The van der Waals surface area contributed by atoms with E-state index < -0.39 is 12.0 Å². The number of nitrogens with two attached hydrogens (primary N) is 1. The van der Waals surface area contributed by atoms with Crippen LogP contribution >= 0.6 is 0 Å². The molecule has 1 aromatic carbocycles. The molecule has 80 valence electrons. The predicted molar refractivity (Wildman–Crippen MR) is 57.1 cm³/mol. The van der Waals surface area contributed by atoms with Gasteiger partial charge in [0, 0.05) is 0 Å². The van der Waals surface area contributed by atoms with E-state index in [0.717, 1.165) is 0 Å². The molecule has 0 bridgehead atoms. The Hall–Kier alpha value is -0.490. The van der Waals surface area contributed by atoms with Crippen molar-refractivity contribution in [1.82, 2.24) is 0 Å². The van der Waals surface area contributed by atoms with Gasteiger partial charge in [-0.3, -0.25) is 4.79 Å². The molecule has 0 aliphatic carbocycles. The summed E-state index contributed by atoms with van der Waals surface area (Å²) >= 11 is 0. The van der Waals surface area contributed by atoms with E-state index in [2.05, 4.69) is 0 Å². The molecule has 1 atom stereocenters. The summed E-state index contributed by atoms with van der Waals surface area (Å²) in [6.45, 7) is 0. The Morgan fingerprint density at radius 1 is 1.40 bits per heavy atom. The summed E-state index contributed by atoms with van der Waals surface area (Å²) in [6, 6.07) is 3.09. The zero-order valence-electron chi connectivity index (χ0n) is 10.1. The van der Waals surface area contributed by atoms with Gasteiger partial charge < -0.3 is 23.9 Å². The molecule has 0 saturated heterocycles. The molecule has 0 saturated carbocycles. The summed E-state index contributed by atoms with van der Waals surface area (Å²) < 4.78 is 0. The van der Waals surface area contributed by atoms with E-state index in [4.69, 9.17) is 21.1 Å². The van der Waals surface area contributed by atoms with E-state index in [1.165, 1.54) is 18.2 Å². The SMILES string of the molecule is NC(Cc1ccc(O)c(O)c1)C(=O)O.[Ca+2].[H-].[H-]. The van der Waals surface area contributed by atoms with Crippen molar-refractivity contribution in [2.45, 2.75) is 12.5 Å². The van der Waals surface area contributed by atoms with Crippen molar-refractivity contribution >= 4 is 43.7 Å². The van der Waals surface area contributed by atoms with Crippen molar-refractivity contribution in [2.75, 3.05) is 0 Å². The van der Waals surface area contributed by atoms with Crippen molar-refractivity contribution in [2.24, 2.45) is 5.73 Å². The molecule has 0 aliphatic rings. The fourth-order valence-corrected chi connectivity index (χ4v) is 1.04. The van der Waals surface area contributed by atoms with Gasteiger partial charge >= 0.3 is 43.7 Å². The third-order valence-electron chi connectivity index (χ3n) is 1.81. The van der Waals surface area contributed by atoms with Gasteiger partial charge in [-0.1, -0.05) is 6.07 Å². The fraction of sp³-hybridized carbons (Fsp3) is 0.222. The van der Waals surface area contributed by atoms with Crippen molar-refractivity contribution in [1.29, 1.82) is 0 Å². The summed E-state index contributed by atoms with van der Waals surface area (Å²) in [4.78, 5) is 10.4. The Morgan fingerprint density at radius 2 is 2.00 bits per heavy atom. The molecule has 0 spiro atoms. The maximum atomic E-state index is 10.4. The number of carbonyl (C=O) groups is 1. The van der Waals surface area contributed by atoms with E-state index in [9.17, 15) is 4.79 Å². The van der Waals surface area contributed by atoms with Crippen LogP contribution in [-0.4, -0.2) is 65.1 Å². The summed E-state index contributed by atoms with van der Waals surface area (Å²) in [5.41, 5.74) is 5.86. The van der Waals surface area contributed by atoms with Crippen LogP contribution in [0.1, 0.15) is 8.42 Å². The van der Waals surface area contributed by atoms with Gasteiger partial charge in [0.2, 0.25) is 0 Å². The molecule has 5 N–H and O–H groups in total. The average Bonchev–Trinajstić information content (AvgIpc) is 2.11. The molecule has 1 unspecified atom stereocenters. The van der Waals surface area contributed by atoms with Gasteiger partial charge in [0.1, 0.15) is 6.04 Å². The van der Waals surface area contributed by atoms with Crippen LogP contribution in [0.25, 0.3) is 0 Å². The van der Waals surface area contributed by atoms with Gasteiger partial charge in [-0.25, -0.2) is 0 Å². The number of benzene rings is 1. The second-order valence-electron chi connectivity index (χ2n) is 2.97. The number of aliphatic carboxylic acids is 1. The Morgan fingerprint density at radius 3 is 2.47 bits per heavy atom. The van der Waals surface area contributed by atoms with E-state index in [1.54, 1.807) is 0 Å². The van der Waals surface area contributed by atoms with Crippen LogP contribution < -0.4 is 5.73 Å². The van der Waals surface area contributed by atoms with Crippen LogP contribution in [0.15, 0.2) is 18.2 Å². The molecular formula is C9H13CaNO4. The Labute approximate surface area is 119 Å². The van der Waals surface area contributed by atoms with Gasteiger partial charge in [-0.2, -0.15) is 0 Å². The fourth-order valence-electron chi connectivity index (χ4n) is 1.04. The van der Waals surface area contributed by atoms with E-state index in [0.29, 0.717) is 5.56 Å². The van der Waals surface area contributed by atoms with Gasteiger partial charge in [0.25, 0.3) is 0 Å². The number of carboxylic acid groups (broad SMARTS) is 1. The maximum Gasteiger partial charge on any atom is 2.00 e. The van der Waals surface area contributed by atoms with Crippen molar-refractivity contribution in [3.63, 3.8) is 0 Å². The molecule has 0 radical (unpaired) electrons. The van der Waals surface area contributed by atoms with Crippen molar-refractivity contribution in [3.8, 4) is 11.5 Å². The molecule has 15 heavy (non-hydrogen) atoms. The topological polar surface area (TPSA) is 104 Å². The van der Waals surface area contributed by atoms with Crippen molar-refractivity contribution < 1.29 is 23.0 Å². The second kappa shape index (κ2) is 6.17. The number of phenolic OH excluding ortho intramolecular Hbond substituents is 2. The molecule has 0 aromatic heterocycles. The minimum atomic E-state index is -1.10. The van der Waals surface area contributed by atoms with Crippen LogP contribution in [0.5, 0.6) is 11.5 Å². The van der Waals surface area contributed by atoms with Crippen LogP contribution in [0.3, 0.4) is 0 Å². The molecule has 0 aliphatic heterocycles. The number of aromatic hydroxyl groups is 2. The number of phenols is 2.